The first kappa shape index (κ1) is 16.0. The second kappa shape index (κ2) is 6.57. The third-order valence-electron chi connectivity index (χ3n) is 3.69. The molecule has 1 amide bonds. The second-order valence-electron chi connectivity index (χ2n) is 5.52. The Labute approximate surface area is 125 Å². The van der Waals surface area contributed by atoms with Gasteiger partial charge in [-0.1, -0.05) is 0 Å². The van der Waals surface area contributed by atoms with Gasteiger partial charge in [0.25, 0.3) is 10.0 Å². The van der Waals surface area contributed by atoms with Crippen molar-refractivity contribution in [2.45, 2.75) is 31.2 Å². The number of hydrogen-bond donors (Lipinski definition) is 1. The zero-order chi connectivity index (χ0) is 15.5. The van der Waals surface area contributed by atoms with E-state index in [-0.39, 0.29) is 16.9 Å². The van der Waals surface area contributed by atoms with E-state index >= 15 is 0 Å². The summed E-state index contributed by atoms with van der Waals surface area (Å²) in [5, 5.41) is 2.86. The maximum atomic E-state index is 12.5. The summed E-state index contributed by atoms with van der Waals surface area (Å²) in [5.74, 6) is 0.229. The van der Waals surface area contributed by atoms with Crippen LogP contribution in [-0.4, -0.2) is 47.8 Å². The first-order valence-electron chi connectivity index (χ1n) is 7.12. The van der Waals surface area contributed by atoms with Crippen LogP contribution in [0.15, 0.2) is 17.6 Å². The van der Waals surface area contributed by atoms with E-state index in [4.69, 9.17) is 0 Å². The van der Waals surface area contributed by atoms with Gasteiger partial charge in [0.1, 0.15) is 0 Å². The number of nitrogens with one attached hydrogen (secondary N) is 1. The zero-order valence-electron chi connectivity index (χ0n) is 12.4. The molecule has 1 aromatic rings. The predicted octanol–water partition coefficient (Wildman–Crippen LogP) is 0.347. The van der Waals surface area contributed by atoms with E-state index in [1.54, 1.807) is 11.6 Å². The number of aromatic nitrogens is 2. The number of piperidine rings is 1. The van der Waals surface area contributed by atoms with Crippen molar-refractivity contribution in [3.8, 4) is 0 Å². The summed E-state index contributed by atoms with van der Waals surface area (Å²) >= 11 is 0. The minimum Gasteiger partial charge on any atom is -0.356 e. The number of nitrogens with zero attached hydrogens (tertiary/aromatic N) is 3. The summed E-state index contributed by atoms with van der Waals surface area (Å²) < 4.78 is 28.2. The summed E-state index contributed by atoms with van der Waals surface area (Å²) in [5.41, 5.74) is 0. The van der Waals surface area contributed by atoms with Crippen LogP contribution in [0.3, 0.4) is 0 Å². The molecule has 8 heteroatoms. The van der Waals surface area contributed by atoms with Crippen LogP contribution >= 0.6 is 0 Å². The molecule has 1 saturated heterocycles. The second-order valence-corrected chi connectivity index (χ2v) is 7.41. The van der Waals surface area contributed by atoms with Gasteiger partial charge in [-0.15, -0.1) is 0 Å². The Morgan fingerprint density at radius 3 is 2.90 bits per heavy atom. The van der Waals surface area contributed by atoms with Crippen molar-refractivity contribution < 1.29 is 13.2 Å². The SMILES string of the molecule is CC(=O)NCCC1CCCN(S(=O)(=O)c2cn(C)cn2)C1. The molecule has 1 fully saturated rings. The van der Waals surface area contributed by atoms with Gasteiger partial charge in [-0.3, -0.25) is 4.79 Å². The standard InChI is InChI=1S/C13H22N4O3S/c1-11(18)14-6-5-12-4-3-7-17(8-12)21(19,20)13-9-16(2)10-15-13/h9-10,12H,3-8H2,1-2H3,(H,14,18). The molecule has 0 radical (unpaired) electrons. The number of amides is 1. The van der Waals surface area contributed by atoms with Gasteiger partial charge in [0.05, 0.1) is 6.33 Å². The third kappa shape index (κ3) is 4.04. The summed E-state index contributed by atoms with van der Waals surface area (Å²) in [7, 11) is -1.75. The Hall–Kier alpha value is -1.41. The maximum Gasteiger partial charge on any atom is 0.262 e. The van der Waals surface area contributed by atoms with Crippen molar-refractivity contribution in [2.75, 3.05) is 19.6 Å². The molecule has 118 valence electrons. The molecule has 1 aromatic heterocycles. The van der Waals surface area contributed by atoms with Crippen LogP contribution in [0, 0.1) is 5.92 Å². The molecule has 2 rings (SSSR count). The van der Waals surface area contributed by atoms with Crippen LogP contribution in [0.2, 0.25) is 0 Å². The average molecular weight is 314 g/mol. The average Bonchev–Trinajstić information content (AvgIpc) is 2.86. The minimum atomic E-state index is -3.50. The molecule has 0 aromatic carbocycles. The molecule has 1 N–H and O–H groups in total. The normalized spacial score (nSPS) is 20.4. The van der Waals surface area contributed by atoms with Gasteiger partial charge in [-0.2, -0.15) is 4.31 Å². The fourth-order valence-corrected chi connectivity index (χ4v) is 4.11. The van der Waals surface area contributed by atoms with Crippen molar-refractivity contribution in [3.05, 3.63) is 12.5 Å². The van der Waals surface area contributed by atoms with Crippen LogP contribution < -0.4 is 5.32 Å². The Bertz CT molecular complexity index is 596. The molecule has 1 atom stereocenters. The lowest BCUT2D eigenvalue weighted by atomic mass is 9.96. The Kier molecular flexibility index (Phi) is 5.00. The molecule has 1 aliphatic heterocycles. The lowest BCUT2D eigenvalue weighted by Crippen LogP contribution is -2.40. The number of sulfonamides is 1. The molecular weight excluding hydrogens is 292 g/mol. The van der Waals surface area contributed by atoms with E-state index in [1.807, 2.05) is 0 Å². The monoisotopic (exact) mass is 314 g/mol. The Balaban J connectivity index is 1.98. The van der Waals surface area contributed by atoms with E-state index in [9.17, 15) is 13.2 Å². The first-order chi connectivity index (χ1) is 9.89. The molecule has 0 saturated carbocycles. The van der Waals surface area contributed by atoms with Gasteiger partial charge in [0.15, 0.2) is 5.03 Å². The molecule has 0 aliphatic carbocycles. The van der Waals surface area contributed by atoms with E-state index in [2.05, 4.69) is 10.3 Å². The summed E-state index contributed by atoms with van der Waals surface area (Å²) in [6.07, 6.45) is 5.65. The molecule has 2 heterocycles. The van der Waals surface area contributed by atoms with Crippen molar-refractivity contribution in [2.24, 2.45) is 13.0 Å². The minimum absolute atomic E-state index is 0.0521. The van der Waals surface area contributed by atoms with E-state index < -0.39 is 10.0 Å². The van der Waals surface area contributed by atoms with Crippen LogP contribution in [-0.2, 0) is 21.9 Å². The van der Waals surface area contributed by atoms with Crippen LogP contribution in [0.1, 0.15) is 26.2 Å². The molecule has 1 unspecified atom stereocenters. The van der Waals surface area contributed by atoms with Crippen LogP contribution in [0.4, 0.5) is 0 Å². The topological polar surface area (TPSA) is 84.3 Å². The van der Waals surface area contributed by atoms with Gasteiger partial charge in [0.2, 0.25) is 5.91 Å². The zero-order valence-corrected chi connectivity index (χ0v) is 13.3. The van der Waals surface area contributed by atoms with Crippen molar-refractivity contribution in [1.29, 1.82) is 0 Å². The fourth-order valence-electron chi connectivity index (χ4n) is 2.59. The van der Waals surface area contributed by atoms with E-state index in [0.29, 0.717) is 19.6 Å². The summed E-state index contributed by atoms with van der Waals surface area (Å²) in [6, 6.07) is 0. The quantitative estimate of drug-likeness (QED) is 0.850. The van der Waals surface area contributed by atoms with Crippen molar-refractivity contribution in [3.63, 3.8) is 0 Å². The predicted molar refractivity (Wildman–Crippen MR) is 78.0 cm³/mol. The van der Waals surface area contributed by atoms with Gasteiger partial charge in [-0.05, 0) is 25.2 Å². The fraction of sp³-hybridized carbons (Fsp3) is 0.692. The molecule has 0 bridgehead atoms. The van der Waals surface area contributed by atoms with Gasteiger partial charge < -0.3 is 9.88 Å². The smallest absolute Gasteiger partial charge is 0.262 e. The number of carbonyl (C=O) groups excluding carboxylic acids is 1. The number of imidazole rings is 1. The highest BCUT2D eigenvalue weighted by Crippen LogP contribution is 2.24. The molecule has 1 aliphatic rings. The first-order valence-corrected chi connectivity index (χ1v) is 8.56. The third-order valence-corrected chi connectivity index (χ3v) is 5.44. The lowest BCUT2D eigenvalue weighted by molar-refractivity contribution is -0.119. The van der Waals surface area contributed by atoms with E-state index in [0.717, 1.165) is 19.3 Å². The highest BCUT2D eigenvalue weighted by atomic mass is 32.2. The molecular formula is C13H22N4O3S. The van der Waals surface area contributed by atoms with Crippen molar-refractivity contribution >= 4 is 15.9 Å². The number of carbonyl (C=O) groups is 1. The van der Waals surface area contributed by atoms with E-state index in [1.165, 1.54) is 23.8 Å². The largest absolute Gasteiger partial charge is 0.356 e. The number of rotatable bonds is 5. The highest BCUT2D eigenvalue weighted by molar-refractivity contribution is 7.89. The summed E-state index contributed by atoms with van der Waals surface area (Å²) in [6.45, 7) is 3.12. The lowest BCUT2D eigenvalue weighted by Gasteiger charge is -2.31. The summed E-state index contributed by atoms with van der Waals surface area (Å²) in [4.78, 5) is 14.8. The van der Waals surface area contributed by atoms with Gasteiger partial charge in [0, 0.05) is 39.8 Å². The Morgan fingerprint density at radius 2 is 2.29 bits per heavy atom. The molecule has 0 spiro atoms. The highest BCUT2D eigenvalue weighted by Gasteiger charge is 2.31. The van der Waals surface area contributed by atoms with Crippen LogP contribution in [0.5, 0.6) is 0 Å². The maximum absolute atomic E-state index is 12.5. The molecule has 7 nitrogen and oxygen atoms in total. The van der Waals surface area contributed by atoms with Gasteiger partial charge >= 0.3 is 0 Å². The Morgan fingerprint density at radius 1 is 1.52 bits per heavy atom. The molecule has 21 heavy (non-hydrogen) atoms. The number of aryl methyl sites for hydroxylation is 1. The van der Waals surface area contributed by atoms with Crippen molar-refractivity contribution in [1.82, 2.24) is 19.2 Å². The van der Waals surface area contributed by atoms with Crippen LogP contribution in [0.25, 0.3) is 0 Å². The van der Waals surface area contributed by atoms with Gasteiger partial charge in [-0.25, -0.2) is 13.4 Å². The number of hydrogen-bond acceptors (Lipinski definition) is 4.